The van der Waals surface area contributed by atoms with Gasteiger partial charge in [-0.15, -0.1) is 10.2 Å². The number of esters is 1. The van der Waals surface area contributed by atoms with E-state index in [1.807, 2.05) is 12.1 Å². The Morgan fingerprint density at radius 3 is 2.25 bits per heavy atom. The van der Waals surface area contributed by atoms with Gasteiger partial charge in [-0.1, -0.05) is 12.1 Å². The molecule has 0 fully saturated rings. The summed E-state index contributed by atoms with van der Waals surface area (Å²) < 4.78 is 4.61. The van der Waals surface area contributed by atoms with Crippen molar-refractivity contribution in [3.63, 3.8) is 0 Å². The van der Waals surface area contributed by atoms with Gasteiger partial charge in [-0.2, -0.15) is 0 Å². The minimum Gasteiger partial charge on any atom is -0.465 e. The highest BCUT2D eigenvalue weighted by molar-refractivity contribution is 5.89. The van der Waals surface area contributed by atoms with Crippen LogP contribution in [-0.4, -0.2) is 28.5 Å². The second kappa shape index (κ2) is 4.48. The van der Waals surface area contributed by atoms with Gasteiger partial charge in [-0.3, -0.25) is 0 Å². The maximum atomic E-state index is 11.2. The summed E-state index contributed by atoms with van der Waals surface area (Å²) in [5.74, 6) is -0.350. The van der Waals surface area contributed by atoms with Crippen LogP contribution in [0.2, 0.25) is 0 Å². The number of benzene rings is 1. The van der Waals surface area contributed by atoms with Crippen molar-refractivity contribution in [2.75, 3.05) is 7.11 Å². The van der Waals surface area contributed by atoms with Crippen molar-refractivity contribution in [3.05, 3.63) is 42.2 Å². The van der Waals surface area contributed by atoms with Crippen LogP contribution in [0.3, 0.4) is 0 Å². The van der Waals surface area contributed by atoms with E-state index < -0.39 is 0 Å². The number of ether oxygens (including phenoxy) is 1. The summed E-state index contributed by atoms with van der Waals surface area (Å²) in [7, 11) is 1.35. The van der Waals surface area contributed by atoms with Crippen LogP contribution in [0.25, 0.3) is 11.1 Å². The van der Waals surface area contributed by atoms with Gasteiger partial charge < -0.3 is 4.74 Å². The van der Waals surface area contributed by atoms with E-state index in [2.05, 4.69) is 20.1 Å². The fourth-order valence-corrected chi connectivity index (χ4v) is 1.30. The number of aromatic nitrogens is 3. The summed E-state index contributed by atoms with van der Waals surface area (Å²) in [5, 5.41) is 10.8. The van der Waals surface area contributed by atoms with E-state index in [1.54, 1.807) is 24.5 Å². The van der Waals surface area contributed by atoms with Crippen LogP contribution in [0.15, 0.2) is 36.7 Å². The van der Waals surface area contributed by atoms with Gasteiger partial charge in [0.25, 0.3) is 0 Å². The van der Waals surface area contributed by atoms with Crippen LogP contribution in [-0.2, 0) is 4.74 Å². The molecule has 0 aliphatic heterocycles. The third-order valence-electron chi connectivity index (χ3n) is 2.14. The molecule has 5 nitrogen and oxygen atoms in total. The fraction of sp³-hybridized carbons (Fsp3) is 0.0909. The Hall–Kier alpha value is -2.30. The van der Waals surface area contributed by atoms with Crippen molar-refractivity contribution in [2.45, 2.75) is 0 Å². The third-order valence-corrected chi connectivity index (χ3v) is 2.14. The lowest BCUT2D eigenvalue weighted by atomic mass is 10.1. The highest BCUT2D eigenvalue weighted by Gasteiger charge is 2.05. The maximum Gasteiger partial charge on any atom is 0.337 e. The number of carbonyl (C=O) groups excluding carboxylic acids is 1. The second-order valence-electron chi connectivity index (χ2n) is 3.10. The van der Waals surface area contributed by atoms with Gasteiger partial charge >= 0.3 is 5.97 Å². The molecule has 16 heavy (non-hydrogen) atoms. The second-order valence-corrected chi connectivity index (χ2v) is 3.10. The summed E-state index contributed by atoms with van der Waals surface area (Å²) in [6.07, 6.45) is 3.22. The van der Waals surface area contributed by atoms with E-state index >= 15 is 0 Å². The van der Waals surface area contributed by atoms with Crippen LogP contribution in [0.4, 0.5) is 0 Å². The molecule has 0 spiro atoms. The number of hydrogen-bond acceptors (Lipinski definition) is 5. The number of hydrogen-bond donors (Lipinski definition) is 0. The van der Waals surface area contributed by atoms with E-state index in [4.69, 9.17) is 0 Å². The third kappa shape index (κ3) is 2.03. The monoisotopic (exact) mass is 215 g/mol. The summed E-state index contributed by atoms with van der Waals surface area (Å²) in [4.78, 5) is 11.2. The first-order valence-electron chi connectivity index (χ1n) is 4.63. The summed E-state index contributed by atoms with van der Waals surface area (Å²) in [5.41, 5.74) is 2.29. The molecule has 0 aliphatic carbocycles. The molecule has 0 amide bonds. The predicted molar refractivity (Wildman–Crippen MR) is 56.6 cm³/mol. The van der Waals surface area contributed by atoms with Crippen LogP contribution in [0, 0.1) is 0 Å². The molecule has 0 saturated carbocycles. The molecule has 0 N–H and O–H groups in total. The molecular weight excluding hydrogens is 206 g/mol. The largest absolute Gasteiger partial charge is 0.465 e. The molecule has 2 rings (SSSR count). The molecule has 1 aromatic carbocycles. The van der Waals surface area contributed by atoms with Crippen LogP contribution in [0.5, 0.6) is 0 Å². The summed E-state index contributed by atoms with van der Waals surface area (Å²) >= 11 is 0. The lowest BCUT2D eigenvalue weighted by molar-refractivity contribution is 0.0601. The average molecular weight is 215 g/mol. The van der Waals surface area contributed by atoms with Crippen molar-refractivity contribution < 1.29 is 9.53 Å². The highest BCUT2D eigenvalue weighted by Crippen LogP contribution is 2.17. The van der Waals surface area contributed by atoms with Gasteiger partial charge in [0.15, 0.2) is 0 Å². The zero-order valence-electron chi connectivity index (χ0n) is 8.62. The minimum atomic E-state index is -0.350. The predicted octanol–water partition coefficient (Wildman–Crippen LogP) is 1.33. The van der Waals surface area contributed by atoms with E-state index in [9.17, 15) is 4.79 Å². The van der Waals surface area contributed by atoms with Crippen molar-refractivity contribution in [3.8, 4) is 11.1 Å². The Labute approximate surface area is 92.1 Å². The smallest absolute Gasteiger partial charge is 0.337 e. The Morgan fingerprint density at radius 2 is 1.69 bits per heavy atom. The number of rotatable bonds is 2. The molecule has 0 aliphatic rings. The SMILES string of the molecule is COC(=O)c1ccc(-c2cnnnc2)cc1. The molecule has 1 heterocycles. The quantitative estimate of drug-likeness (QED) is 0.707. The van der Waals surface area contributed by atoms with Crippen molar-refractivity contribution in [1.29, 1.82) is 0 Å². The van der Waals surface area contributed by atoms with Crippen molar-refractivity contribution >= 4 is 5.97 Å². The molecule has 1 aromatic heterocycles. The first kappa shape index (κ1) is 10.2. The Bertz CT molecular complexity index is 482. The van der Waals surface area contributed by atoms with E-state index in [0.717, 1.165) is 11.1 Å². The normalized spacial score (nSPS) is 9.81. The topological polar surface area (TPSA) is 65.0 Å². The minimum absolute atomic E-state index is 0.350. The van der Waals surface area contributed by atoms with Gasteiger partial charge in [0, 0.05) is 5.56 Å². The Balaban J connectivity index is 2.30. The zero-order valence-corrected chi connectivity index (χ0v) is 8.62. The molecule has 0 atom stereocenters. The van der Waals surface area contributed by atoms with E-state index in [-0.39, 0.29) is 5.97 Å². The lowest BCUT2D eigenvalue weighted by Crippen LogP contribution is -2.00. The van der Waals surface area contributed by atoms with Crippen molar-refractivity contribution in [2.24, 2.45) is 0 Å². The molecular formula is C11H9N3O2. The van der Waals surface area contributed by atoms with Gasteiger partial charge in [-0.25, -0.2) is 4.79 Å². The Morgan fingerprint density at radius 1 is 1.06 bits per heavy atom. The molecule has 2 aromatic rings. The first-order valence-corrected chi connectivity index (χ1v) is 4.63. The first-order chi connectivity index (χ1) is 7.81. The lowest BCUT2D eigenvalue weighted by Gasteiger charge is -2.01. The highest BCUT2D eigenvalue weighted by atomic mass is 16.5. The summed E-state index contributed by atoms with van der Waals surface area (Å²) in [6, 6.07) is 7.01. The fourth-order valence-electron chi connectivity index (χ4n) is 1.30. The number of nitrogens with zero attached hydrogens (tertiary/aromatic N) is 3. The Kier molecular flexibility index (Phi) is 2.86. The molecule has 0 radical (unpaired) electrons. The van der Waals surface area contributed by atoms with Crippen LogP contribution < -0.4 is 0 Å². The zero-order chi connectivity index (χ0) is 11.4. The molecule has 0 bridgehead atoms. The molecule has 5 heteroatoms. The van der Waals surface area contributed by atoms with E-state index in [0.29, 0.717) is 5.56 Å². The molecule has 80 valence electrons. The van der Waals surface area contributed by atoms with Gasteiger partial charge in [0.1, 0.15) is 0 Å². The van der Waals surface area contributed by atoms with Crippen LogP contribution >= 0.6 is 0 Å². The van der Waals surface area contributed by atoms with E-state index in [1.165, 1.54) is 7.11 Å². The van der Waals surface area contributed by atoms with Gasteiger partial charge in [-0.05, 0) is 22.9 Å². The number of carbonyl (C=O) groups is 1. The van der Waals surface area contributed by atoms with Gasteiger partial charge in [0.2, 0.25) is 0 Å². The maximum absolute atomic E-state index is 11.2. The number of methoxy groups -OCH3 is 1. The molecule has 0 saturated heterocycles. The molecule has 0 unspecified atom stereocenters. The van der Waals surface area contributed by atoms with Gasteiger partial charge in [0.05, 0.1) is 25.1 Å². The summed E-state index contributed by atoms with van der Waals surface area (Å²) in [6.45, 7) is 0. The average Bonchev–Trinajstić information content (AvgIpc) is 2.39. The van der Waals surface area contributed by atoms with Crippen molar-refractivity contribution in [1.82, 2.24) is 15.4 Å². The standard InChI is InChI=1S/C11H9N3O2/c1-16-11(15)9-4-2-8(3-5-9)10-6-12-14-13-7-10/h2-7H,1H3. The van der Waals surface area contributed by atoms with Crippen LogP contribution in [0.1, 0.15) is 10.4 Å².